The van der Waals surface area contributed by atoms with Crippen molar-refractivity contribution in [3.8, 4) is 0 Å². The summed E-state index contributed by atoms with van der Waals surface area (Å²) < 4.78 is 24.4. The highest BCUT2D eigenvalue weighted by Crippen LogP contribution is 2.13. The number of hydrogen-bond acceptors (Lipinski definition) is 6. The number of piperazine rings is 1. The molecular formula is C11H20N4O2S2. The molecule has 1 aliphatic heterocycles. The lowest BCUT2D eigenvalue weighted by Crippen LogP contribution is -2.47. The van der Waals surface area contributed by atoms with Crippen LogP contribution >= 0.6 is 11.3 Å². The molecule has 0 amide bonds. The zero-order valence-corrected chi connectivity index (χ0v) is 12.9. The molecule has 8 heteroatoms. The maximum Gasteiger partial charge on any atom is 0.211 e. The van der Waals surface area contributed by atoms with Gasteiger partial charge in [-0.2, -0.15) is 4.31 Å². The van der Waals surface area contributed by atoms with Crippen LogP contribution in [-0.4, -0.2) is 62.1 Å². The Labute approximate surface area is 118 Å². The van der Waals surface area contributed by atoms with Gasteiger partial charge < -0.3 is 5.32 Å². The van der Waals surface area contributed by atoms with E-state index in [1.807, 2.05) is 7.05 Å². The lowest BCUT2D eigenvalue weighted by atomic mass is 10.3. The number of aromatic nitrogens is 1. The van der Waals surface area contributed by atoms with Crippen molar-refractivity contribution in [2.45, 2.75) is 13.1 Å². The molecule has 108 valence electrons. The number of nitrogens with one attached hydrogen (secondary N) is 1. The molecule has 1 aromatic rings. The van der Waals surface area contributed by atoms with E-state index in [0.717, 1.165) is 36.9 Å². The van der Waals surface area contributed by atoms with E-state index in [9.17, 15) is 8.42 Å². The predicted octanol–water partition coefficient (Wildman–Crippen LogP) is -0.0603. The minimum atomic E-state index is -3.04. The molecule has 1 aromatic heterocycles. The van der Waals surface area contributed by atoms with Crippen molar-refractivity contribution in [3.63, 3.8) is 0 Å². The molecular weight excluding hydrogens is 284 g/mol. The summed E-state index contributed by atoms with van der Waals surface area (Å²) in [6, 6.07) is 0. The second kappa shape index (κ2) is 6.27. The first kappa shape index (κ1) is 14.9. The smallest absolute Gasteiger partial charge is 0.211 e. The number of nitrogens with zero attached hydrogens (tertiary/aromatic N) is 3. The number of hydrogen-bond donors (Lipinski definition) is 1. The highest BCUT2D eigenvalue weighted by atomic mass is 32.2. The minimum absolute atomic E-state index is 0.576. The van der Waals surface area contributed by atoms with Gasteiger partial charge in [-0.3, -0.25) is 4.90 Å². The fraction of sp³-hybridized carbons (Fsp3) is 0.727. The first-order valence-electron chi connectivity index (χ1n) is 6.24. The third kappa shape index (κ3) is 4.22. The van der Waals surface area contributed by atoms with Gasteiger partial charge in [0.25, 0.3) is 0 Å². The lowest BCUT2D eigenvalue weighted by molar-refractivity contribution is 0.180. The molecule has 1 saturated heterocycles. The van der Waals surface area contributed by atoms with E-state index in [2.05, 4.69) is 20.6 Å². The van der Waals surface area contributed by atoms with Crippen LogP contribution in [0.2, 0.25) is 0 Å². The Bertz CT molecular complexity index is 507. The van der Waals surface area contributed by atoms with Gasteiger partial charge in [0.2, 0.25) is 10.0 Å². The maximum absolute atomic E-state index is 11.4. The highest BCUT2D eigenvalue weighted by Gasteiger charge is 2.23. The molecule has 0 aromatic carbocycles. The molecule has 19 heavy (non-hydrogen) atoms. The number of rotatable bonds is 5. The quantitative estimate of drug-likeness (QED) is 0.825. The van der Waals surface area contributed by atoms with Crippen molar-refractivity contribution >= 4 is 21.4 Å². The molecule has 0 atom stereocenters. The molecule has 1 N–H and O–H groups in total. The Morgan fingerprint density at radius 3 is 2.63 bits per heavy atom. The van der Waals surface area contributed by atoms with Crippen molar-refractivity contribution in [3.05, 3.63) is 16.1 Å². The molecule has 0 bridgehead atoms. The van der Waals surface area contributed by atoms with E-state index in [1.165, 1.54) is 10.6 Å². The van der Waals surface area contributed by atoms with Gasteiger partial charge in [-0.05, 0) is 7.05 Å². The summed E-state index contributed by atoms with van der Waals surface area (Å²) in [5.74, 6) is 0. The largest absolute Gasteiger partial charge is 0.314 e. The summed E-state index contributed by atoms with van der Waals surface area (Å²) in [6.07, 6.45) is 1.27. The zero-order chi connectivity index (χ0) is 13.9. The monoisotopic (exact) mass is 304 g/mol. The zero-order valence-electron chi connectivity index (χ0n) is 11.3. The molecule has 2 rings (SSSR count). The Balaban J connectivity index is 1.85. The summed E-state index contributed by atoms with van der Waals surface area (Å²) in [5, 5.41) is 6.25. The van der Waals surface area contributed by atoms with E-state index in [0.29, 0.717) is 13.1 Å². The molecule has 2 heterocycles. The van der Waals surface area contributed by atoms with Gasteiger partial charge in [0, 0.05) is 44.6 Å². The van der Waals surface area contributed by atoms with Crippen molar-refractivity contribution in [1.29, 1.82) is 0 Å². The Hall–Kier alpha value is -0.540. The standard InChI is InChI=1S/C11H20N4O2S2/c1-12-7-11-13-10(9-18-11)8-14-3-5-15(6-4-14)19(2,16)17/h9,12H,3-8H2,1-2H3. The van der Waals surface area contributed by atoms with E-state index in [4.69, 9.17) is 0 Å². The maximum atomic E-state index is 11.4. The molecule has 0 spiro atoms. The van der Waals surface area contributed by atoms with Crippen LogP contribution in [-0.2, 0) is 23.1 Å². The topological polar surface area (TPSA) is 65.5 Å². The molecule has 1 fully saturated rings. The second-order valence-corrected chi connectivity index (χ2v) is 7.63. The number of sulfonamides is 1. The SMILES string of the molecule is CNCc1nc(CN2CCN(S(C)(=O)=O)CC2)cs1. The summed E-state index contributed by atoms with van der Waals surface area (Å²) >= 11 is 1.66. The van der Waals surface area contributed by atoms with Gasteiger partial charge in [0.05, 0.1) is 11.9 Å². The van der Waals surface area contributed by atoms with Crippen molar-refractivity contribution < 1.29 is 8.42 Å². The van der Waals surface area contributed by atoms with Gasteiger partial charge in [0.1, 0.15) is 5.01 Å². The molecule has 0 saturated carbocycles. The fourth-order valence-corrected chi connectivity index (χ4v) is 3.73. The molecule has 6 nitrogen and oxygen atoms in total. The predicted molar refractivity (Wildman–Crippen MR) is 76.6 cm³/mol. The third-order valence-corrected chi connectivity index (χ3v) is 5.31. The van der Waals surface area contributed by atoms with Crippen molar-refractivity contribution in [2.75, 3.05) is 39.5 Å². The first-order chi connectivity index (χ1) is 8.99. The van der Waals surface area contributed by atoms with E-state index < -0.39 is 10.0 Å². The third-order valence-electron chi connectivity index (χ3n) is 3.11. The molecule has 0 radical (unpaired) electrons. The van der Waals surface area contributed by atoms with Crippen LogP contribution in [0.4, 0.5) is 0 Å². The average Bonchev–Trinajstić information content (AvgIpc) is 2.77. The summed E-state index contributed by atoms with van der Waals surface area (Å²) in [7, 11) is -1.13. The molecule has 1 aliphatic rings. The average molecular weight is 304 g/mol. The van der Waals surface area contributed by atoms with Gasteiger partial charge in [-0.15, -0.1) is 11.3 Å². The van der Waals surface area contributed by atoms with E-state index in [1.54, 1.807) is 11.3 Å². The van der Waals surface area contributed by atoms with Crippen LogP contribution in [0.5, 0.6) is 0 Å². The van der Waals surface area contributed by atoms with E-state index >= 15 is 0 Å². The number of thiazole rings is 1. The summed E-state index contributed by atoms with van der Waals surface area (Å²) in [6.45, 7) is 4.29. The van der Waals surface area contributed by atoms with Crippen LogP contribution in [0.3, 0.4) is 0 Å². The van der Waals surface area contributed by atoms with Gasteiger partial charge >= 0.3 is 0 Å². The van der Waals surface area contributed by atoms with E-state index in [-0.39, 0.29) is 0 Å². The lowest BCUT2D eigenvalue weighted by Gasteiger charge is -2.32. The highest BCUT2D eigenvalue weighted by molar-refractivity contribution is 7.88. The van der Waals surface area contributed by atoms with Gasteiger partial charge in [-0.25, -0.2) is 13.4 Å². The Morgan fingerprint density at radius 1 is 1.37 bits per heavy atom. The van der Waals surface area contributed by atoms with Crippen molar-refractivity contribution in [2.24, 2.45) is 0 Å². The van der Waals surface area contributed by atoms with Gasteiger partial charge in [-0.1, -0.05) is 0 Å². The van der Waals surface area contributed by atoms with Crippen LogP contribution in [0.25, 0.3) is 0 Å². The second-order valence-electron chi connectivity index (χ2n) is 4.70. The Morgan fingerprint density at radius 2 is 2.05 bits per heavy atom. The first-order valence-corrected chi connectivity index (χ1v) is 8.97. The summed E-state index contributed by atoms with van der Waals surface area (Å²) in [4.78, 5) is 6.79. The van der Waals surface area contributed by atoms with Crippen LogP contribution < -0.4 is 5.32 Å². The summed E-state index contributed by atoms with van der Waals surface area (Å²) in [5.41, 5.74) is 1.07. The fourth-order valence-electron chi connectivity index (χ4n) is 2.10. The van der Waals surface area contributed by atoms with Crippen LogP contribution in [0.15, 0.2) is 5.38 Å². The van der Waals surface area contributed by atoms with Crippen molar-refractivity contribution in [1.82, 2.24) is 19.5 Å². The van der Waals surface area contributed by atoms with Gasteiger partial charge in [0.15, 0.2) is 0 Å². The van der Waals surface area contributed by atoms with Crippen LogP contribution in [0, 0.1) is 0 Å². The molecule has 0 aliphatic carbocycles. The minimum Gasteiger partial charge on any atom is -0.314 e. The van der Waals surface area contributed by atoms with Crippen LogP contribution in [0.1, 0.15) is 10.7 Å². The normalized spacial score (nSPS) is 18.8. The molecule has 0 unspecified atom stereocenters. The Kier molecular flexibility index (Phi) is 4.91.